The van der Waals surface area contributed by atoms with E-state index >= 15 is 0 Å². The van der Waals surface area contributed by atoms with Crippen LogP contribution in [0.3, 0.4) is 0 Å². The molecule has 10 rings (SSSR count). The van der Waals surface area contributed by atoms with E-state index in [4.69, 9.17) is 15.0 Å². The smallest absolute Gasteiger partial charge is 0.164 e. The number of para-hydroxylation sites is 1. The zero-order valence-electron chi connectivity index (χ0n) is 35.5. The Hall–Kier alpha value is -8.08. The molecule has 0 radical (unpaired) electrons. The summed E-state index contributed by atoms with van der Waals surface area (Å²) in [6.45, 7) is 10.1. The van der Waals surface area contributed by atoms with Crippen LogP contribution in [0.4, 0.5) is 0 Å². The lowest BCUT2D eigenvalue weighted by molar-refractivity contribution is 1.03. The summed E-state index contributed by atoms with van der Waals surface area (Å²) in [5.74, 6) is 1.85. The number of hydrogen-bond acceptors (Lipinski definition) is 4. The highest BCUT2D eigenvalue weighted by Crippen LogP contribution is 2.38. The first-order chi connectivity index (χ1) is 30.9. The Morgan fingerprint density at radius 3 is 1.67 bits per heavy atom. The molecule has 0 spiro atoms. The molecule has 63 heavy (non-hydrogen) atoms. The first-order valence-electron chi connectivity index (χ1n) is 21.3. The van der Waals surface area contributed by atoms with Crippen molar-refractivity contribution in [2.45, 2.75) is 20.8 Å². The lowest BCUT2D eigenvalue weighted by Crippen LogP contribution is -2.02. The van der Waals surface area contributed by atoms with Crippen molar-refractivity contribution in [3.05, 3.63) is 224 Å². The second kappa shape index (κ2) is 16.8. The van der Waals surface area contributed by atoms with Crippen molar-refractivity contribution in [1.29, 1.82) is 0 Å². The minimum atomic E-state index is 0.606. The van der Waals surface area contributed by atoms with Crippen molar-refractivity contribution in [2.75, 3.05) is 0 Å². The van der Waals surface area contributed by atoms with Gasteiger partial charge >= 0.3 is 0 Å². The van der Waals surface area contributed by atoms with Crippen molar-refractivity contribution < 1.29 is 0 Å². The first kappa shape index (κ1) is 39.1. The molecule has 0 aliphatic rings. The fourth-order valence-electron chi connectivity index (χ4n) is 8.33. The first-order valence-corrected chi connectivity index (χ1v) is 21.3. The van der Waals surface area contributed by atoms with Crippen molar-refractivity contribution in [2.24, 2.45) is 0 Å². The quantitative estimate of drug-likeness (QED) is 0.108. The largest absolute Gasteiger partial charge is 0.256 e. The molecular weight excluding hydrogens is 765 g/mol. The van der Waals surface area contributed by atoms with Gasteiger partial charge in [-0.15, -0.1) is 0 Å². The van der Waals surface area contributed by atoms with Crippen molar-refractivity contribution in [3.8, 4) is 67.3 Å². The average Bonchev–Trinajstić information content (AvgIpc) is 3.35. The zero-order valence-corrected chi connectivity index (χ0v) is 35.5. The van der Waals surface area contributed by atoms with Crippen molar-refractivity contribution >= 4 is 38.0 Å². The summed E-state index contributed by atoms with van der Waals surface area (Å²) in [6, 6.07) is 62.9. The van der Waals surface area contributed by atoms with Crippen LogP contribution < -0.4 is 0 Å². The van der Waals surface area contributed by atoms with Gasteiger partial charge in [0.05, 0.1) is 5.52 Å². The topological polar surface area (TPSA) is 51.6 Å². The van der Waals surface area contributed by atoms with Crippen LogP contribution in [-0.4, -0.2) is 19.9 Å². The Labute approximate surface area is 368 Å². The molecule has 0 bridgehead atoms. The maximum Gasteiger partial charge on any atom is 0.164 e. The summed E-state index contributed by atoms with van der Waals surface area (Å²) < 4.78 is 0. The van der Waals surface area contributed by atoms with E-state index in [2.05, 4.69) is 188 Å². The second-order valence-electron chi connectivity index (χ2n) is 16.2. The van der Waals surface area contributed by atoms with E-state index in [0.717, 1.165) is 66.6 Å². The summed E-state index contributed by atoms with van der Waals surface area (Å²) in [4.78, 5) is 19.9. The zero-order chi connectivity index (χ0) is 42.9. The number of pyridine rings is 1. The molecule has 0 N–H and O–H groups in total. The van der Waals surface area contributed by atoms with E-state index in [-0.39, 0.29) is 0 Å². The molecule has 8 aromatic carbocycles. The van der Waals surface area contributed by atoms with E-state index in [1.165, 1.54) is 38.2 Å². The summed E-state index contributed by atoms with van der Waals surface area (Å²) in [6.07, 6.45) is 7.82. The minimum absolute atomic E-state index is 0.606. The maximum absolute atomic E-state index is 5.17. The van der Waals surface area contributed by atoms with Crippen LogP contribution in [0.1, 0.15) is 25.2 Å². The van der Waals surface area contributed by atoms with E-state index in [1.807, 2.05) is 44.3 Å². The van der Waals surface area contributed by atoms with Crippen LogP contribution in [0.5, 0.6) is 0 Å². The molecular formula is C59H44N4. The van der Waals surface area contributed by atoms with Gasteiger partial charge in [0.1, 0.15) is 0 Å². The average molecular weight is 809 g/mol. The van der Waals surface area contributed by atoms with Crippen LogP contribution in [0, 0.1) is 6.92 Å². The number of nitrogens with zero attached hydrogens (tertiary/aromatic N) is 4. The molecule has 0 saturated heterocycles. The summed E-state index contributed by atoms with van der Waals surface area (Å²) >= 11 is 0. The van der Waals surface area contributed by atoms with Crippen LogP contribution in [0.2, 0.25) is 0 Å². The van der Waals surface area contributed by atoms with E-state index in [0.29, 0.717) is 17.5 Å². The SMILES string of the molecule is C=C/C(C)=C\C=C(/C)c1nc(-c2ccc(C)cc2)nc(-c2cc(-c3ccc(-c4ccnc5ccccc45)cc3)cc(-c3ccc(-c4cc5ccccc5c5ccccc45)cc3)c2)n1. The Bertz CT molecular complexity index is 3410. The molecule has 0 fully saturated rings. The Morgan fingerprint density at radius 1 is 0.444 bits per heavy atom. The summed E-state index contributed by atoms with van der Waals surface area (Å²) in [5.41, 5.74) is 15.0. The van der Waals surface area contributed by atoms with E-state index in [9.17, 15) is 0 Å². The number of aryl methyl sites for hydroxylation is 1. The van der Waals surface area contributed by atoms with Gasteiger partial charge in [-0.3, -0.25) is 4.98 Å². The van der Waals surface area contributed by atoms with Gasteiger partial charge in [0.25, 0.3) is 0 Å². The molecule has 0 amide bonds. The number of fused-ring (bicyclic) bond motifs is 4. The molecule has 300 valence electrons. The van der Waals surface area contributed by atoms with Gasteiger partial charge in [0.2, 0.25) is 0 Å². The molecule has 0 aliphatic carbocycles. The minimum Gasteiger partial charge on any atom is -0.256 e. The van der Waals surface area contributed by atoms with Gasteiger partial charge in [-0.25, -0.2) is 15.0 Å². The molecule has 0 atom stereocenters. The van der Waals surface area contributed by atoms with E-state index < -0.39 is 0 Å². The summed E-state index contributed by atoms with van der Waals surface area (Å²) in [7, 11) is 0. The Balaban J connectivity index is 1.12. The van der Waals surface area contributed by atoms with Crippen molar-refractivity contribution in [3.63, 3.8) is 0 Å². The molecule has 10 aromatic rings. The van der Waals surface area contributed by atoms with Crippen LogP contribution in [-0.2, 0) is 0 Å². The third-order valence-corrected chi connectivity index (χ3v) is 11.9. The highest BCUT2D eigenvalue weighted by Gasteiger charge is 2.16. The molecule has 4 heteroatoms. The molecule has 2 heterocycles. The van der Waals surface area contributed by atoms with Gasteiger partial charge in [-0.05, 0) is 129 Å². The third-order valence-electron chi connectivity index (χ3n) is 11.9. The lowest BCUT2D eigenvalue weighted by atomic mass is 9.91. The maximum atomic E-state index is 5.17. The highest BCUT2D eigenvalue weighted by atomic mass is 15.0. The molecule has 0 saturated carbocycles. The Morgan fingerprint density at radius 2 is 0.984 bits per heavy atom. The monoisotopic (exact) mass is 808 g/mol. The lowest BCUT2D eigenvalue weighted by Gasteiger charge is -2.14. The summed E-state index contributed by atoms with van der Waals surface area (Å²) in [5, 5.41) is 6.13. The van der Waals surface area contributed by atoms with Crippen molar-refractivity contribution in [1.82, 2.24) is 19.9 Å². The molecule has 2 aromatic heterocycles. The van der Waals surface area contributed by atoms with Crippen LogP contribution in [0.15, 0.2) is 213 Å². The second-order valence-corrected chi connectivity index (χ2v) is 16.2. The number of aromatic nitrogens is 4. The van der Waals surface area contributed by atoms with Gasteiger partial charge < -0.3 is 0 Å². The highest BCUT2D eigenvalue weighted by molar-refractivity contribution is 6.13. The standard InChI is InChI=1S/C59H44N4/c1-5-38(2)18-21-40(4)57-61-58(45-22-19-39(3)20-23-45)63-59(62-57)49-35-47(41-24-28-43(29-25-41)51-32-33-60-56-17-11-10-16-54(51)56)34-48(36-49)42-26-30-44(31-27-42)55-37-46-12-6-7-13-50(46)52-14-8-9-15-53(52)55/h5-37H,1H2,2-4H3/b38-18-,40-21+. The van der Waals surface area contributed by atoms with Gasteiger partial charge in [-0.2, -0.15) is 0 Å². The third kappa shape index (κ3) is 7.87. The molecule has 0 unspecified atom stereocenters. The fourth-order valence-corrected chi connectivity index (χ4v) is 8.33. The predicted molar refractivity (Wildman–Crippen MR) is 265 cm³/mol. The molecule has 0 aliphatic heterocycles. The number of hydrogen-bond donors (Lipinski definition) is 0. The predicted octanol–water partition coefficient (Wildman–Crippen LogP) is 15.6. The Kier molecular flexibility index (Phi) is 10.4. The normalized spacial score (nSPS) is 12.0. The van der Waals surface area contributed by atoms with Crippen LogP contribution >= 0.6 is 0 Å². The number of rotatable bonds is 9. The van der Waals surface area contributed by atoms with Gasteiger partial charge in [-0.1, -0.05) is 175 Å². The fraction of sp³-hybridized carbons (Fsp3) is 0.0508. The van der Waals surface area contributed by atoms with Gasteiger partial charge in [0.15, 0.2) is 17.5 Å². The number of allylic oxidation sites excluding steroid dienone is 5. The van der Waals surface area contributed by atoms with Crippen LogP contribution in [0.25, 0.3) is 105 Å². The van der Waals surface area contributed by atoms with Gasteiger partial charge in [0, 0.05) is 22.7 Å². The molecule has 4 nitrogen and oxygen atoms in total. The number of benzene rings is 8. The van der Waals surface area contributed by atoms with E-state index in [1.54, 1.807) is 0 Å².